The lowest BCUT2D eigenvalue weighted by atomic mass is 9.91. The minimum absolute atomic E-state index is 0.00582. The van der Waals surface area contributed by atoms with Crippen LogP contribution in [0.1, 0.15) is 43.2 Å². The van der Waals surface area contributed by atoms with Crippen LogP contribution in [-0.2, 0) is 9.53 Å². The molecular weight excluding hydrogens is 216 g/mol. The predicted octanol–water partition coefficient (Wildman–Crippen LogP) is 2.20. The van der Waals surface area contributed by atoms with Gasteiger partial charge < -0.3 is 9.84 Å². The number of cyclic esters (lactones) is 1. The van der Waals surface area contributed by atoms with Crippen molar-refractivity contribution in [3.63, 3.8) is 0 Å². The lowest BCUT2D eigenvalue weighted by Gasteiger charge is -2.16. The van der Waals surface area contributed by atoms with Gasteiger partial charge in [-0.3, -0.25) is 4.79 Å². The standard InChI is InChI=1S/C14H18O3/c1-9(2)10-3-5-11(6-4-10)12-7-14(16)17-13(12)8-15/h3-6,9,12-13,15H,7-8H2,1-2H3/t12-,13-/m1/s1. The molecule has 0 bridgehead atoms. The smallest absolute Gasteiger partial charge is 0.306 e. The normalized spacial score (nSPS) is 24.1. The number of aliphatic hydroxyl groups is 1. The summed E-state index contributed by atoms with van der Waals surface area (Å²) < 4.78 is 5.07. The summed E-state index contributed by atoms with van der Waals surface area (Å²) in [6, 6.07) is 8.23. The van der Waals surface area contributed by atoms with Crippen LogP contribution in [0.15, 0.2) is 24.3 Å². The molecule has 0 amide bonds. The molecule has 1 saturated heterocycles. The zero-order valence-electron chi connectivity index (χ0n) is 10.2. The fraction of sp³-hybridized carbons (Fsp3) is 0.500. The first kappa shape index (κ1) is 12.1. The van der Waals surface area contributed by atoms with E-state index in [2.05, 4.69) is 26.0 Å². The van der Waals surface area contributed by atoms with E-state index in [0.717, 1.165) is 5.56 Å². The molecule has 1 heterocycles. The van der Waals surface area contributed by atoms with Crippen molar-refractivity contribution in [2.45, 2.75) is 38.2 Å². The number of carbonyl (C=O) groups excluding carboxylic acids is 1. The molecule has 3 nitrogen and oxygen atoms in total. The minimum Gasteiger partial charge on any atom is -0.459 e. The Morgan fingerprint density at radius 2 is 2.00 bits per heavy atom. The highest BCUT2D eigenvalue weighted by molar-refractivity contribution is 5.73. The van der Waals surface area contributed by atoms with E-state index in [-0.39, 0.29) is 24.6 Å². The van der Waals surface area contributed by atoms with Gasteiger partial charge in [-0.05, 0) is 17.0 Å². The molecule has 2 atom stereocenters. The number of esters is 1. The van der Waals surface area contributed by atoms with E-state index >= 15 is 0 Å². The molecule has 1 aliphatic rings. The van der Waals surface area contributed by atoms with E-state index in [9.17, 15) is 9.90 Å². The third kappa shape index (κ3) is 2.50. The maximum Gasteiger partial charge on any atom is 0.306 e. The second-order valence-electron chi connectivity index (χ2n) is 4.84. The quantitative estimate of drug-likeness (QED) is 0.815. The summed E-state index contributed by atoms with van der Waals surface area (Å²) in [5, 5.41) is 9.18. The molecule has 1 aliphatic heterocycles. The average Bonchev–Trinajstić information content (AvgIpc) is 2.70. The van der Waals surface area contributed by atoms with Gasteiger partial charge in [-0.15, -0.1) is 0 Å². The Labute approximate surface area is 101 Å². The Balaban J connectivity index is 2.19. The third-order valence-electron chi connectivity index (χ3n) is 3.33. The summed E-state index contributed by atoms with van der Waals surface area (Å²) in [6.45, 7) is 4.18. The second kappa shape index (κ2) is 4.88. The molecule has 1 aromatic rings. The van der Waals surface area contributed by atoms with Crippen LogP contribution in [0.2, 0.25) is 0 Å². The van der Waals surface area contributed by atoms with Gasteiger partial charge in [0.1, 0.15) is 6.10 Å². The monoisotopic (exact) mass is 234 g/mol. The Hall–Kier alpha value is -1.35. The highest BCUT2D eigenvalue weighted by atomic mass is 16.6. The molecule has 0 unspecified atom stereocenters. The van der Waals surface area contributed by atoms with Crippen molar-refractivity contribution in [1.29, 1.82) is 0 Å². The van der Waals surface area contributed by atoms with Crippen molar-refractivity contribution in [2.24, 2.45) is 0 Å². The van der Waals surface area contributed by atoms with E-state index in [1.807, 2.05) is 12.1 Å². The summed E-state index contributed by atoms with van der Waals surface area (Å²) in [5.41, 5.74) is 2.35. The molecule has 3 heteroatoms. The summed E-state index contributed by atoms with van der Waals surface area (Å²) in [4.78, 5) is 11.2. The molecule has 1 N–H and O–H groups in total. The Kier molecular flexibility index (Phi) is 3.48. The van der Waals surface area contributed by atoms with E-state index in [1.54, 1.807) is 0 Å². The van der Waals surface area contributed by atoms with Gasteiger partial charge in [0.2, 0.25) is 0 Å². The maximum absolute atomic E-state index is 11.2. The molecule has 17 heavy (non-hydrogen) atoms. The number of rotatable bonds is 3. The Morgan fingerprint density at radius 1 is 1.35 bits per heavy atom. The first-order chi connectivity index (χ1) is 8.11. The summed E-state index contributed by atoms with van der Waals surface area (Å²) >= 11 is 0. The first-order valence-electron chi connectivity index (χ1n) is 6.02. The van der Waals surface area contributed by atoms with Gasteiger partial charge in [0.15, 0.2) is 0 Å². The van der Waals surface area contributed by atoms with E-state index in [4.69, 9.17) is 4.74 Å². The molecule has 0 radical (unpaired) electrons. The number of carbonyl (C=O) groups is 1. The van der Waals surface area contributed by atoms with Gasteiger partial charge in [0.25, 0.3) is 0 Å². The highest BCUT2D eigenvalue weighted by Gasteiger charge is 2.35. The lowest BCUT2D eigenvalue weighted by molar-refractivity contribution is -0.142. The van der Waals surface area contributed by atoms with Gasteiger partial charge in [-0.1, -0.05) is 38.1 Å². The molecule has 2 rings (SSSR count). The highest BCUT2D eigenvalue weighted by Crippen LogP contribution is 2.32. The van der Waals surface area contributed by atoms with Crippen molar-refractivity contribution >= 4 is 5.97 Å². The first-order valence-corrected chi connectivity index (χ1v) is 6.02. The van der Waals surface area contributed by atoms with Gasteiger partial charge in [0, 0.05) is 5.92 Å². The minimum atomic E-state index is -0.382. The summed E-state index contributed by atoms with van der Waals surface area (Å²) in [7, 11) is 0. The van der Waals surface area contributed by atoms with Crippen LogP contribution in [0.4, 0.5) is 0 Å². The lowest BCUT2D eigenvalue weighted by Crippen LogP contribution is -2.18. The van der Waals surface area contributed by atoms with Crippen LogP contribution in [0.5, 0.6) is 0 Å². The van der Waals surface area contributed by atoms with Crippen molar-refractivity contribution in [2.75, 3.05) is 6.61 Å². The number of hydrogen-bond acceptors (Lipinski definition) is 3. The van der Waals surface area contributed by atoms with E-state index in [1.165, 1.54) is 5.56 Å². The fourth-order valence-corrected chi connectivity index (χ4v) is 2.24. The van der Waals surface area contributed by atoms with Crippen molar-refractivity contribution < 1.29 is 14.6 Å². The van der Waals surface area contributed by atoms with Crippen LogP contribution >= 0.6 is 0 Å². The number of hydrogen-bond donors (Lipinski definition) is 1. The molecule has 1 aromatic carbocycles. The second-order valence-corrected chi connectivity index (χ2v) is 4.84. The van der Waals surface area contributed by atoms with Crippen LogP contribution < -0.4 is 0 Å². The zero-order valence-corrected chi connectivity index (χ0v) is 10.2. The fourth-order valence-electron chi connectivity index (χ4n) is 2.24. The molecule has 1 fully saturated rings. The number of aliphatic hydroxyl groups excluding tert-OH is 1. The molecule has 92 valence electrons. The van der Waals surface area contributed by atoms with Crippen LogP contribution in [0.25, 0.3) is 0 Å². The van der Waals surface area contributed by atoms with Crippen LogP contribution in [-0.4, -0.2) is 23.8 Å². The summed E-state index contributed by atoms with van der Waals surface area (Å²) in [6.07, 6.45) is -0.0147. The van der Waals surface area contributed by atoms with Crippen molar-refractivity contribution in [3.8, 4) is 0 Å². The number of benzene rings is 1. The molecular formula is C14H18O3. The van der Waals surface area contributed by atoms with Gasteiger partial charge in [-0.25, -0.2) is 0 Å². The van der Waals surface area contributed by atoms with Gasteiger partial charge >= 0.3 is 5.97 Å². The summed E-state index contributed by atoms with van der Waals surface area (Å²) in [5.74, 6) is 0.273. The van der Waals surface area contributed by atoms with Gasteiger partial charge in [-0.2, -0.15) is 0 Å². The average molecular weight is 234 g/mol. The number of ether oxygens (including phenoxy) is 1. The zero-order chi connectivity index (χ0) is 12.4. The van der Waals surface area contributed by atoms with E-state index < -0.39 is 0 Å². The largest absolute Gasteiger partial charge is 0.459 e. The maximum atomic E-state index is 11.2. The predicted molar refractivity (Wildman–Crippen MR) is 64.9 cm³/mol. The molecule has 0 aromatic heterocycles. The van der Waals surface area contributed by atoms with E-state index in [0.29, 0.717) is 12.3 Å². The van der Waals surface area contributed by atoms with Crippen molar-refractivity contribution in [1.82, 2.24) is 0 Å². The van der Waals surface area contributed by atoms with Gasteiger partial charge in [0.05, 0.1) is 13.0 Å². The van der Waals surface area contributed by atoms with Crippen LogP contribution in [0, 0.1) is 0 Å². The molecule has 0 spiro atoms. The SMILES string of the molecule is CC(C)c1ccc([C@H]2CC(=O)O[C@@H]2CO)cc1. The Bertz CT molecular complexity index is 394. The third-order valence-corrected chi connectivity index (χ3v) is 3.33. The topological polar surface area (TPSA) is 46.5 Å². The van der Waals surface area contributed by atoms with Crippen molar-refractivity contribution in [3.05, 3.63) is 35.4 Å². The molecule has 0 aliphatic carbocycles. The Morgan fingerprint density at radius 3 is 2.53 bits per heavy atom. The van der Waals surface area contributed by atoms with Crippen LogP contribution in [0.3, 0.4) is 0 Å². The molecule has 0 saturated carbocycles.